The van der Waals surface area contributed by atoms with Crippen LogP contribution in [0.25, 0.3) is 0 Å². The molecule has 0 bridgehead atoms. The van der Waals surface area contributed by atoms with Crippen molar-refractivity contribution in [2.24, 2.45) is 20.9 Å². The average Bonchev–Trinajstić information content (AvgIpc) is 2.38. The first-order chi connectivity index (χ1) is 9.15. The summed E-state index contributed by atoms with van der Waals surface area (Å²) in [6, 6.07) is 9.76. The summed E-state index contributed by atoms with van der Waals surface area (Å²) in [6.07, 6.45) is -0.268. The maximum atomic E-state index is 6.05. The molecule has 0 radical (unpaired) electrons. The number of nitrogens with one attached hydrogen (secondary N) is 1. The number of hydrogen-bond donors (Lipinski definition) is 1. The van der Waals surface area contributed by atoms with E-state index in [1.165, 1.54) is 0 Å². The van der Waals surface area contributed by atoms with Gasteiger partial charge in [0.25, 0.3) is 0 Å². The fourth-order valence-corrected chi connectivity index (χ4v) is 2.85. The Bertz CT molecular complexity index is 624. The molecule has 1 aromatic rings. The largest absolute Gasteiger partial charge is 0.354 e. The van der Waals surface area contributed by atoms with E-state index >= 15 is 0 Å². The van der Waals surface area contributed by atoms with Crippen molar-refractivity contribution in [3.8, 4) is 0 Å². The molecule has 7 heteroatoms. The Hall–Kier alpha value is -1.30. The van der Waals surface area contributed by atoms with Crippen molar-refractivity contribution in [1.82, 2.24) is 5.32 Å². The Morgan fingerprint density at radius 2 is 1.84 bits per heavy atom. The standard InChI is InChI=1S/C12H8Cl2N4S/c13-8-7-10(18-12(14)15-8)16-9(17-11(7)19)6-4-2-1-3-5-6/h1-5,7,9H,(H,17,19). The molecular formula is C12H8Cl2N4S. The van der Waals surface area contributed by atoms with Gasteiger partial charge in [0.1, 0.15) is 23.1 Å². The Labute approximate surface area is 125 Å². The summed E-state index contributed by atoms with van der Waals surface area (Å²) in [5, 5.41) is 3.52. The first-order valence-electron chi connectivity index (χ1n) is 5.56. The first-order valence-corrected chi connectivity index (χ1v) is 6.73. The number of thiocarbonyl (C=S) groups is 1. The Balaban J connectivity index is 2.02. The van der Waals surface area contributed by atoms with Gasteiger partial charge >= 0.3 is 0 Å². The molecule has 2 heterocycles. The van der Waals surface area contributed by atoms with Gasteiger partial charge in [0.05, 0.1) is 4.99 Å². The van der Waals surface area contributed by atoms with Crippen LogP contribution in [0.3, 0.4) is 0 Å². The van der Waals surface area contributed by atoms with Crippen LogP contribution in [-0.2, 0) is 0 Å². The Kier molecular flexibility index (Phi) is 3.35. The van der Waals surface area contributed by atoms with E-state index in [0.717, 1.165) is 5.56 Å². The van der Waals surface area contributed by atoms with Crippen LogP contribution < -0.4 is 5.32 Å². The van der Waals surface area contributed by atoms with Gasteiger partial charge in [0.15, 0.2) is 0 Å². The highest BCUT2D eigenvalue weighted by Gasteiger charge is 2.35. The number of fused-ring (bicyclic) bond motifs is 1. The number of amidine groups is 2. The fourth-order valence-electron chi connectivity index (χ4n) is 1.95. The quantitative estimate of drug-likeness (QED) is 0.640. The smallest absolute Gasteiger partial charge is 0.225 e. The molecule has 96 valence electrons. The van der Waals surface area contributed by atoms with E-state index in [4.69, 9.17) is 35.4 Å². The molecule has 2 aliphatic rings. The molecular weight excluding hydrogens is 303 g/mol. The second-order valence-corrected chi connectivity index (χ2v) is 5.22. The molecule has 0 fully saturated rings. The van der Waals surface area contributed by atoms with Gasteiger partial charge in [-0.3, -0.25) is 0 Å². The van der Waals surface area contributed by atoms with Crippen LogP contribution in [0.5, 0.6) is 0 Å². The Morgan fingerprint density at radius 1 is 1.11 bits per heavy atom. The molecule has 4 nitrogen and oxygen atoms in total. The van der Waals surface area contributed by atoms with Crippen LogP contribution in [0, 0.1) is 5.92 Å². The zero-order chi connectivity index (χ0) is 13.4. The monoisotopic (exact) mass is 310 g/mol. The number of rotatable bonds is 1. The second-order valence-electron chi connectivity index (χ2n) is 4.06. The topological polar surface area (TPSA) is 49.1 Å². The van der Waals surface area contributed by atoms with Gasteiger partial charge in [-0.1, -0.05) is 54.2 Å². The van der Waals surface area contributed by atoms with Crippen LogP contribution in [0.2, 0.25) is 0 Å². The van der Waals surface area contributed by atoms with Crippen LogP contribution in [-0.4, -0.2) is 21.3 Å². The number of benzene rings is 1. The molecule has 2 unspecified atom stereocenters. The Morgan fingerprint density at radius 3 is 2.58 bits per heavy atom. The fraction of sp³-hybridized carbons (Fsp3) is 0.167. The molecule has 3 rings (SSSR count). The summed E-state index contributed by atoms with van der Waals surface area (Å²) in [7, 11) is 0. The van der Waals surface area contributed by atoms with E-state index in [1.807, 2.05) is 30.3 Å². The van der Waals surface area contributed by atoms with E-state index in [9.17, 15) is 0 Å². The third-order valence-electron chi connectivity index (χ3n) is 2.82. The lowest BCUT2D eigenvalue weighted by Crippen LogP contribution is -2.44. The van der Waals surface area contributed by atoms with Gasteiger partial charge in [0, 0.05) is 0 Å². The van der Waals surface area contributed by atoms with Crippen LogP contribution in [0.15, 0.2) is 45.3 Å². The maximum Gasteiger partial charge on any atom is 0.225 e. The first kappa shape index (κ1) is 12.7. The van der Waals surface area contributed by atoms with E-state index in [0.29, 0.717) is 16.0 Å². The minimum atomic E-state index is -0.390. The molecule has 0 spiro atoms. The number of nitrogens with zero attached hydrogens (tertiary/aromatic N) is 3. The van der Waals surface area contributed by atoms with Crippen molar-refractivity contribution in [2.45, 2.75) is 6.17 Å². The van der Waals surface area contributed by atoms with Gasteiger partial charge < -0.3 is 5.32 Å². The summed E-state index contributed by atoms with van der Waals surface area (Å²) in [5.41, 5.74) is 1.00. The highest BCUT2D eigenvalue weighted by Crippen LogP contribution is 2.26. The van der Waals surface area contributed by atoms with Crippen LogP contribution in [0.1, 0.15) is 11.7 Å². The zero-order valence-electron chi connectivity index (χ0n) is 9.55. The normalized spacial score (nSPS) is 25.8. The molecule has 0 aromatic heterocycles. The number of aliphatic imine (C=N–C) groups is 3. The minimum Gasteiger partial charge on any atom is -0.354 e. The van der Waals surface area contributed by atoms with Gasteiger partial charge in [-0.25, -0.2) is 15.0 Å². The SMILES string of the molecule is S=C1NC(c2ccccc2)N=C2N=C(Cl)N=C(Cl)C12. The molecule has 2 aliphatic heterocycles. The van der Waals surface area contributed by atoms with E-state index in [2.05, 4.69) is 20.3 Å². The third kappa shape index (κ3) is 2.41. The minimum absolute atomic E-state index is 0.0801. The van der Waals surface area contributed by atoms with Crippen molar-refractivity contribution >= 4 is 56.7 Å². The molecule has 19 heavy (non-hydrogen) atoms. The lowest BCUT2D eigenvalue weighted by Gasteiger charge is -2.29. The summed E-state index contributed by atoms with van der Waals surface area (Å²) in [6.45, 7) is 0. The predicted octanol–water partition coefficient (Wildman–Crippen LogP) is 2.88. The predicted molar refractivity (Wildman–Crippen MR) is 82.4 cm³/mol. The summed E-state index contributed by atoms with van der Waals surface area (Å²) < 4.78 is 0. The van der Waals surface area contributed by atoms with Crippen molar-refractivity contribution in [3.63, 3.8) is 0 Å². The van der Waals surface area contributed by atoms with Crippen molar-refractivity contribution < 1.29 is 0 Å². The van der Waals surface area contributed by atoms with Gasteiger partial charge in [-0.15, -0.1) is 0 Å². The zero-order valence-corrected chi connectivity index (χ0v) is 11.9. The van der Waals surface area contributed by atoms with Crippen molar-refractivity contribution in [3.05, 3.63) is 35.9 Å². The molecule has 1 aromatic carbocycles. The molecule has 1 N–H and O–H groups in total. The second kappa shape index (κ2) is 5.00. The van der Waals surface area contributed by atoms with Crippen LogP contribution in [0.4, 0.5) is 0 Å². The van der Waals surface area contributed by atoms with Crippen LogP contribution >= 0.6 is 35.4 Å². The van der Waals surface area contributed by atoms with E-state index in [-0.39, 0.29) is 17.4 Å². The summed E-state index contributed by atoms with van der Waals surface area (Å²) in [5.74, 6) is 0.113. The molecule has 0 saturated heterocycles. The summed E-state index contributed by atoms with van der Waals surface area (Å²) in [4.78, 5) is 13.1. The highest BCUT2D eigenvalue weighted by atomic mass is 35.5. The maximum absolute atomic E-state index is 6.05. The summed E-state index contributed by atoms with van der Waals surface area (Å²) >= 11 is 17.2. The van der Waals surface area contributed by atoms with Crippen molar-refractivity contribution in [1.29, 1.82) is 0 Å². The number of hydrogen-bond acceptors (Lipinski definition) is 4. The lowest BCUT2D eigenvalue weighted by molar-refractivity contribution is 0.659. The molecule has 2 atom stereocenters. The number of halogens is 2. The third-order valence-corrected chi connectivity index (χ3v) is 3.65. The average molecular weight is 311 g/mol. The van der Waals surface area contributed by atoms with Gasteiger partial charge in [-0.05, 0) is 17.2 Å². The van der Waals surface area contributed by atoms with E-state index in [1.54, 1.807) is 0 Å². The van der Waals surface area contributed by atoms with Crippen molar-refractivity contribution in [2.75, 3.05) is 0 Å². The molecule has 0 aliphatic carbocycles. The lowest BCUT2D eigenvalue weighted by atomic mass is 10.0. The molecule has 0 saturated carbocycles. The van der Waals surface area contributed by atoms with Gasteiger partial charge in [0.2, 0.25) is 5.29 Å². The van der Waals surface area contributed by atoms with E-state index < -0.39 is 0 Å². The highest BCUT2D eigenvalue weighted by molar-refractivity contribution is 7.80. The molecule has 0 amide bonds. The van der Waals surface area contributed by atoms with Gasteiger partial charge in [-0.2, -0.15) is 0 Å².